The van der Waals surface area contributed by atoms with Gasteiger partial charge < -0.3 is 4.74 Å². The van der Waals surface area contributed by atoms with Crippen LogP contribution in [0.3, 0.4) is 0 Å². The number of carbonyl (C=O) groups is 1. The first-order chi connectivity index (χ1) is 12.1. The lowest BCUT2D eigenvalue weighted by molar-refractivity contribution is 0.0599. The van der Waals surface area contributed by atoms with E-state index < -0.39 is 0 Å². The van der Waals surface area contributed by atoms with Gasteiger partial charge in [0, 0.05) is 25.1 Å². The van der Waals surface area contributed by atoms with Crippen molar-refractivity contribution in [3.8, 4) is 5.69 Å². The number of benzene rings is 1. The number of methoxy groups -OCH3 is 1. The Bertz CT molecular complexity index is 943. The number of rotatable bonds is 4. The molecule has 7 nitrogen and oxygen atoms in total. The van der Waals surface area contributed by atoms with Gasteiger partial charge in [-0.2, -0.15) is 5.10 Å². The molecule has 0 N–H and O–H groups in total. The number of esters is 1. The lowest BCUT2D eigenvalue weighted by atomic mass is 10.1. The Balaban J connectivity index is 1.77. The molecule has 7 heteroatoms. The fourth-order valence-electron chi connectivity index (χ4n) is 3.31. The van der Waals surface area contributed by atoms with Crippen LogP contribution in [0, 0.1) is 6.92 Å². The van der Waals surface area contributed by atoms with Crippen molar-refractivity contribution in [1.82, 2.24) is 24.8 Å². The van der Waals surface area contributed by atoms with Crippen molar-refractivity contribution >= 4 is 5.97 Å². The maximum atomic E-state index is 12.2. The zero-order valence-corrected chi connectivity index (χ0v) is 14.4. The summed E-state index contributed by atoms with van der Waals surface area (Å²) in [5.41, 5.74) is 4.42. The number of aromatic nitrogens is 5. The Kier molecular flexibility index (Phi) is 3.63. The number of hydrogen-bond donors (Lipinski definition) is 0. The second-order valence-electron chi connectivity index (χ2n) is 6.45. The van der Waals surface area contributed by atoms with Gasteiger partial charge in [-0.1, -0.05) is 17.3 Å². The molecule has 0 spiro atoms. The van der Waals surface area contributed by atoms with Gasteiger partial charge >= 0.3 is 5.97 Å². The predicted molar refractivity (Wildman–Crippen MR) is 90.7 cm³/mol. The lowest BCUT2D eigenvalue weighted by Crippen LogP contribution is -2.08. The molecule has 25 heavy (non-hydrogen) atoms. The van der Waals surface area contributed by atoms with Crippen LogP contribution in [0.4, 0.5) is 0 Å². The van der Waals surface area contributed by atoms with E-state index in [1.807, 2.05) is 43.0 Å². The molecule has 128 valence electrons. The van der Waals surface area contributed by atoms with Crippen LogP contribution in [0.15, 0.2) is 36.7 Å². The zero-order chi connectivity index (χ0) is 17.6. The molecule has 0 amide bonds. The SMILES string of the molecule is COC(=O)c1cnn(-c2cccc(C)c2)c1C1CC1c1cn(C)nn1. The molecule has 2 atom stereocenters. The van der Waals surface area contributed by atoms with Crippen LogP contribution in [0.2, 0.25) is 0 Å². The molecular formula is C18H19N5O2. The molecule has 1 fully saturated rings. The van der Waals surface area contributed by atoms with Gasteiger partial charge in [-0.05, 0) is 31.0 Å². The highest BCUT2D eigenvalue weighted by atomic mass is 16.5. The Morgan fingerprint density at radius 2 is 2.16 bits per heavy atom. The first-order valence-electron chi connectivity index (χ1n) is 8.18. The number of aryl methyl sites for hydroxylation is 2. The third-order valence-corrected chi connectivity index (χ3v) is 4.60. The highest BCUT2D eigenvalue weighted by Gasteiger charge is 2.46. The summed E-state index contributed by atoms with van der Waals surface area (Å²) in [6.07, 6.45) is 4.44. The third-order valence-electron chi connectivity index (χ3n) is 4.60. The van der Waals surface area contributed by atoms with Crippen LogP contribution >= 0.6 is 0 Å². The van der Waals surface area contributed by atoms with Gasteiger partial charge in [0.1, 0.15) is 5.56 Å². The molecule has 2 unspecified atom stereocenters. The highest BCUT2D eigenvalue weighted by Crippen LogP contribution is 2.55. The quantitative estimate of drug-likeness (QED) is 0.683. The predicted octanol–water partition coefficient (Wildman–Crippen LogP) is 2.37. The summed E-state index contributed by atoms with van der Waals surface area (Å²) in [6, 6.07) is 8.07. The molecule has 2 heterocycles. The average molecular weight is 337 g/mol. The molecule has 3 aromatic rings. The Morgan fingerprint density at radius 3 is 2.84 bits per heavy atom. The van der Waals surface area contributed by atoms with Crippen molar-refractivity contribution in [2.24, 2.45) is 7.05 Å². The summed E-state index contributed by atoms with van der Waals surface area (Å²) in [5.74, 6) is 0.0601. The van der Waals surface area contributed by atoms with E-state index in [4.69, 9.17) is 4.74 Å². The Labute approximate surface area is 145 Å². The summed E-state index contributed by atoms with van der Waals surface area (Å²) < 4.78 is 8.49. The second-order valence-corrected chi connectivity index (χ2v) is 6.45. The Hall–Kier alpha value is -2.96. The largest absolute Gasteiger partial charge is 0.465 e. The summed E-state index contributed by atoms with van der Waals surface area (Å²) in [4.78, 5) is 12.2. The molecule has 4 rings (SSSR count). The molecular weight excluding hydrogens is 318 g/mol. The number of nitrogens with zero attached hydrogens (tertiary/aromatic N) is 5. The van der Waals surface area contributed by atoms with E-state index in [0.717, 1.165) is 29.1 Å². The number of hydrogen-bond acceptors (Lipinski definition) is 5. The van der Waals surface area contributed by atoms with Gasteiger partial charge in [0.25, 0.3) is 0 Å². The summed E-state index contributed by atoms with van der Waals surface area (Å²) in [6.45, 7) is 2.04. The van der Waals surface area contributed by atoms with Crippen molar-refractivity contribution < 1.29 is 9.53 Å². The monoisotopic (exact) mass is 337 g/mol. The summed E-state index contributed by atoms with van der Waals surface area (Å²) in [7, 11) is 3.24. The second kappa shape index (κ2) is 5.84. The minimum absolute atomic E-state index is 0.175. The van der Waals surface area contributed by atoms with E-state index >= 15 is 0 Å². The standard InChI is InChI=1S/C18H19N5O2/c1-11-5-4-6-12(7-11)23-17(15(9-19-23)18(24)25-3)14-8-13(14)16-10-22(2)21-20-16/h4-7,9-10,13-14H,8H2,1-3H3. The molecule has 0 saturated heterocycles. The van der Waals surface area contributed by atoms with Gasteiger partial charge in [0.15, 0.2) is 0 Å². The van der Waals surface area contributed by atoms with Crippen molar-refractivity contribution in [3.05, 3.63) is 59.2 Å². The maximum absolute atomic E-state index is 12.2. The van der Waals surface area contributed by atoms with Gasteiger partial charge in [0.05, 0.1) is 30.4 Å². The van der Waals surface area contributed by atoms with E-state index in [-0.39, 0.29) is 17.8 Å². The highest BCUT2D eigenvalue weighted by molar-refractivity contribution is 5.91. The molecule has 0 bridgehead atoms. The van der Waals surface area contributed by atoms with Crippen LogP contribution in [0.25, 0.3) is 5.69 Å². The fraction of sp³-hybridized carbons (Fsp3) is 0.333. The molecule has 1 aliphatic rings. The van der Waals surface area contributed by atoms with Gasteiger partial charge in [0.2, 0.25) is 0 Å². The fourth-order valence-corrected chi connectivity index (χ4v) is 3.31. The van der Waals surface area contributed by atoms with Crippen LogP contribution in [0.5, 0.6) is 0 Å². The molecule has 1 aromatic carbocycles. The third kappa shape index (κ3) is 2.71. The minimum atomic E-state index is -0.362. The van der Waals surface area contributed by atoms with Crippen LogP contribution in [-0.2, 0) is 11.8 Å². The maximum Gasteiger partial charge on any atom is 0.341 e. The topological polar surface area (TPSA) is 74.8 Å². The summed E-state index contributed by atoms with van der Waals surface area (Å²) in [5, 5.41) is 12.7. The Morgan fingerprint density at radius 1 is 1.32 bits per heavy atom. The minimum Gasteiger partial charge on any atom is -0.465 e. The lowest BCUT2D eigenvalue weighted by Gasteiger charge is -2.09. The van der Waals surface area contributed by atoms with E-state index in [1.165, 1.54) is 7.11 Å². The first-order valence-corrected chi connectivity index (χ1v) is 8.18. The van der Waals surface area contributed by atoms with Gasteiger partial charge in [-0.15, -0.1) is 5.10 Å². The molecule has 1 saturated carbocycles. The normalized spacial score (nSPS) is 19.0. The van der Waals surface area contributed by atoms with E-state index in [2.05, 4.69) is 21.5 Å². The van der Waals surface area contributed by atoms with Crippen LogP contribution in [0.1, 0.15) is 45.6 Å². The molecule has 1 aliphatic carbocycles. The van der Waals surface area contributed by atoms with Crippen molar-refractivity contribution in [1.29, 1.82) is 0 Å². The van der Waals surface area contributed by atoms with Crippen molar-refractivity contribution in [2.45, 2.75) is 25.2 Å². The molecule has 2 aromatic heterocycles. The van der Waals surface area contributed by atoms with Crippen molar-refractivity contribution in [3.63, 3.8) is 0 Å². The van der Waals surface area contributed by atoms with E-state index in [1.54, 1.807) is 10.9 Å². The average Bonchev–Trinajstić information content (AvgIpc) is 3.06. The summed E-state index contributed by atoms with van der Waals surface area (Å²) >= 11 is 0. The first kappa shape index (κ1) is 15.6. The molecule has 0 radical (unpaired) electrons. The smallest absolute Gasteiger partial charge is 0.341 e. The van der Waals surface area contributed by atoms with Crippen molar-refractivity contribution in [2.75, 3.05) is 7.11 Å². The van der Waals surface area contributed by atoms with Crippen LogP contribution in [-0.4, -0.2) is 37.9 Å². The molecule has 0 aliphatic heterocycles. The van der Waals surface area contributed by atoms with Crippen LogP contribution < -0.4 is 0 Å². The van der Waals surface area contributed by atoms with Gasteiger partial charge in [-0.3, -0.25) is 4.68 Å². The van der Waals surface area contributed by atoms with E-state index in [9.17, 15) is 4.79 Å². The number of carbonyl (C=O) groups excluding carboxylic acids is 1. The van der Waals surface area contributed by atoms with E-state index in [0.29, 0.717) is 5.56 Å². The van der Waals surface area contributed by atoms with Gasteiger partial charge in [-0.25, -0.2) is 9.48 Å². The zero-order valence-electron chi connectivity index (χ0n) is 14.4. The number of ether oxygens (including phenoxy) is 1.